The van der Waals surface area contributed by atoms with Gasteiger partial charge in [0, 0.05) is 44.1 Å². The Bertz CT molecular complexity index is 1030. The Morgan fingerprint density at radius 2 is 1.68 bits per heavy atom. The third kappa shape index (κ3) is 5.92. The van der Waals surface area contributed by atoms with Gasteiger partial charge in [-0.05, 0) is 67.0 Å². The molecule has 34 heavy (non-hydrogen) atoms. The van der Waals surface area contributed by atoms with E-state index in [1.807, 2.05) is 24.5 Å². The van der Waals surface area contributed by atoms with Gasteiger partial charge < -0.3 is 11.1 Å². The summed E-state index contributed by atoms with van der Waals surface area (Å²) in [7, 11) is 0. The molecule has 3 atom stereocenters. The molecular weight excluding hydrogens is 486 g/mol. The largest absolute Gasteiger partial charge is 0.326 e. The van der Waals surface area contributed by atoms with Crippen molar-refractivity contribution in [1.82, 2.24) is 20.2 Å². The fourth-order valence-corrected chi connectivity index (χ4v) is 5.56. The summed E-state index contributed by atoms with van der Waals surface area (Å²) < 4.78 is 0. The fourth-order valence-electron chi connectivity index (χ4n) is 5.56. The lowest BCUT2D eigenvalue weighted by atomic mass is 9.89. The van der Waals surface area contributed by atoms with E-state index in [0.29, 0.717) is 12.1 Å². The molecule has 6 heteroatoms. The monoisotopic (exact) mass is 521 g/mol. The van der Waals surface area contributed by atoms with Crippen LogP contribution in [0.3, 0.4) is 0 Å². The van der Waals surface area contributed by atoms with Crippen molar-refractivity contribution in [3.8, 4) is 0 Å². The van der Waals surface area contributed by atoms with Crippen molar-refractivity contribution in [1.29, 1.82) is 0 Å². The van der Waals surface area contributed by atoms with E-state index in [-0.39, 0.29) is 23.0 Å². The highest BCUT2D eigenvalue weighted by Gasteiger charge is 2.36. The van der Waals surface area contributed by atoms with Crippen LogP contribution in [0.4, 0.5) is 0 Å². The zero-order chi connectivity index (χ0) is 22.5. The molecule has 0 spiro atoms. The van der Waals surface area contributed by atoms with Crippen LogP contribution < -0.4 is 11.1 Å². The Morgan fingerprint density at radius 3 is 2.44 bits per heavy atom. The van der Waals surface area contributed by atoms with E-state index < -0.39 is 0 Å². The lowest BCUT2D eigenvalue weighted by Crippen LogP contribution is -2.46. The molecule has 3 aromatic rings. The molecule has 0 aliphatic heterocycles. The van der Waals surface area contributed by atoms with Crippen molar-refractivity contribution in [3.63, 3.8) is 0 Å². The standard InChI is InChI=1S/C28H35N5.BrH/c29-25-9-4-10-26(25)33(27-11-3-6-23-7-5-17-32-28(23)27)20-22-14-12-21(13-15-22)18-30-19-24-8-1-2-16-31-24;/h1-2,5,7-8,12-17,25-27,30H,3-4,6,9-11,18-20,29H2;1H/t25-,26-,27?;/m0./s1. The predicted octanol–water partition coefficient (Wildman–Crippen LogP) is 5.10. The summed E-state index contributed by atoms with van der Waals surface area (Å²) in [4.78, 5) is 11.9. The van der Waals surface area contributed by atoms with E-state index in [0.717, 1.165) is 38.2 Å². The summed E-state index contributed by atoms with van der Waals surface area (Å²) >= 11 is 0. The lowest BCUT2D eigenvalue weighted by Gasteiger charge is -2.40. The van der Waals surface area contributed by atoms with Crippen LogP contribution in [0.15, 0.2) is 67.0 Å². The van der Waals surface area contributed by atoms with Crippen molar-refractivity contribution >= 4 is 17.0 Å². The van der Waals surface area contributed by atoms with E-state index in [9.17, 15) is 0 Å². The zero-order valence-electron chi connectivity index (χ0n) is 19.8. The SMILES string of the molecule is Br.N[C@H]1CCC[C@@H]1N(Cc1ccc(CNCc2ccccn2)cc1)C1CCCc2cccnc21. The van der Waals surface area contributed by atoms with Crippen LogP contribution in [-0.4, -0.2) is 27.0 Å². The maximum absolute atomic E-state index is 6.61. The molecule has 1 saturated carbocycles. The van der Waals surface area contributed by atoms with Crippen LogP contribution in [0.2, 0.25) is 0 Å². The molecule has 1 aromatic carbocycles. The Kier molecular flexibility index (Phi) is 8.84. The highest BCUT2D eigenvalue weighted by molar-refractivity contribution is 8.93. The van der Waals surface area contributed by atoms with Crippen molar-refractivity contribution in [2.45, 2.75) is 76.3 Å². The lowest BCUT2D eigenvalue weighted by molar-refractivity contribution is 0.100. The molecule has 0 saturated heterocycles. The molecular formula is C28H36BrN5. The molecule has 2 aliphatic rings. The van der Waals surface area contributed by atoms with Crippen LogP contribution in [0.25, 0.3) is 0 Å². The first-order valence-electron chi connectivity index (χ1n) is 12.4. The molecule has 1 unspecified atom stereocenters. The van der Waals surface area contributed by atoms with Gasteiger partial charge in [-0.1, -0.05) is 42.8 Å². The van der Waals surface area contributed by atoms with Crippen molar-refractivity contribution < 1.29 is 0 Å². The summed E-state index contributed by atoms with van der Waals surface area (Å²) in [5, 5.41) is 3.49. The van der Waals surface area contributed by atoms with Crippen LogP contribution in [0.5, 0.6) is 0 Å². The van der Waals surface area contributed by atoms with E-state index in [4.69, 9.17) is 10.7 Å². The molecule has 2 aliphatic carbocycles. The topological polar surface area (TPSA) is 67.1 Å². The van der Waals surface area contributed by atoms with Crippen molar-refractivity contribution in [2.24, 2.45) is 5.73 Å². The number of nitrogens with zero attached hydrogens (tertiary/aromatic N) is 3. The van der Waals surface area contributed by atoms with Gasteiger partial charge in [0.15, 0.2) is 0 Å². The van der Waals surface area contributed by atoms with Crippen LogP contribution in [0.1, 0.15) is 66.2 Å². The number of aromatic nitrogens is 2. The van der Waals surface area contributed by atoms with Gasteiger partial charge in [0.25, 0.3) is 0 Å². The number of rotatable bonds is 8. The summed E-state index contributed by atoms with van der Waals surface area (Å²) in [5.74, 6) is 0. The summed E-state index contributed by atoms with van der Waals surface area (Å²) in [6, 6.07) is 20.5. The third-order valence-corrected chi connectivity index (χ3v) is 7.27. The van der Waals surface area contributed by atoms with Gasteiger partial charge in [-0.2, -0.15) is 0 Å². The van der Waals surface area contributed by atoms with E-state index >= 15 is 0 Å². The number of halogens is 1. The summed E-state index contributed by atoms with van der Waals surface area (Å²) in [6.07, 6.45) is 10.9. The van der Waals surface area contributed by atoms with Gasteiger partial charge in [0.2, 0.25) is 0 Å². The zero-order valence-corrected chi connectivity index (χ0v) is 21.5. The fraction of sp³-hybridized carbons (Fsp3) is 0.429. The Labute approximate surface area is 214 Å². The average Bonchev–Trinajstić information content (AvgIpc) is 3.29. The molecule has 0 amide bonds. The van der Waals surface area contributed by atoms with E-state index in [1.165, 1.54) is 48.1 Å². The Balaban J connectivity index is 0.00000274. The minimum absolute atomic E-state index is 0. The van der Waals surface area contributed by atoms with Gasteiger partial charge in [0.1, 0.15) is 0 Å². The van der Waals surface area contributed by atoms with Gasteiger partial charge >= 0.3 is 0 Å². The molecule has 2 aromatic heterocycles. The number of pyridine rings is 2. The maximum Gasteiger partial charge on any atom is 0.0607 e. The molecule has 1 fully saturated rings. The Hall–Kier alpha value is -2.12. The summed E-state index contributed by atoms with van der Waals surface area (Å²) in [5.41, 5.74) is 13.0. The minimum Gasteiger partial charge on any atom is -0.326 e. The quantitative estimate of drug-likeness (QED) is 0.431. The maximum atomic E-state index is 6.61. The van der Waals surface area contributed by atoms with Crippen LogP contribution in [-0.2, 0) is 26.1 Å². The van der Waals surface area contributed by atoms with Crippen molar-refractivity contribution in [3.05, 3.63) is 95.1 Å². The summed E-state index contributed by atoms with van der Waals surface area (Å²) in [6.45, 7) is 2.55. The molecule has 180 valence electrons. The number of benzene rings is 1. The van der Waals surface area contributed by atoms with Crippen LogP contribution >= 0.6 is 17.0 Å². The first-order valence-corrected chi connectivity index (χ1v) is 12.4. The van der Waals surface area contributed by atoms with E-state index in [1.54, 1.807) is 0 Å². The van der Waals surface area contributed by atoms with Gasteiger partial charge in [0.05, 0.1) is 17.4 Å². The van der Waals surface area contributed by atoms with E-state index in [2.05, 4.69) is 57.7 Å². The number of hydrogen-bond donors (Lipinski definition) is 2. The number of hydrogen-bond acceptors (Lipinski definition) is 5. The Morgan fingerprint density at radius 1 is 0.853 bits per heavy atom. The highest BCUT2D eigenvalue weighted by Crippen LogP contribution is 2.38. The second-order valence-electron chi connectivity index (χ2n) is 9.53. The van der Waals surface area contributed by atoms with Gasteiger partial charge in [-0.3, -0.25) is 14.9 Å². The first-order chi connectivity index (χ1) is 16.3. The highest BCUT2D eigenvalue weighted by atomic mass is 79.9. The number of nitrogens with one attached hydrogen (secondary N) is 1. The number of nitrogens with two attached hydrogens (primary N) is 1. The minimum atomic E-state index is 0. The molecule has 3 N–H and O–H groups in total. The molecule has 0 radical (unpaired) electrons. The molecule has 2 heterocycles. The molecule has 0 bridgehead atoms. The molecule has 5 nitrogen and oxygen atoms in total. The first kappa shape index (κ1) is 25.0. The normalized spacial score (nSPS) is 21.8. The smallest absolute Gasteiger partial charge is 0.0607 e. The number of aryl methyl sites for hydroxylation is 1. The molecule has 5 rings (SSSR count). The van der Waals surface area contributed by atoms with Gasteiger partial charge in [-0.25, -0.2) is 0 Å². The third-order valence-electron chi connectivity index (χ3n) is 7.27. The predicted molar refractivity (Wildman–Crippen MR) is 143 cm³/mol. The average molecular weight is 523 g/mol. The second-order valence-corrected chi connectivity index (χ2v) is 9.53. The second kappa shape index (κ2) is 12.0. The van der Waals surface area contributed by atoms with Crippen LogP contribution in [0, 0.1) is 0 Å². The van der Waals surface area contributed by atoms with Crippen molar-refractivity contribution in [2.75, 3.05) is 0 Å². The van der Waals surface area contributed by atoms with Gasteiger partial charge in [-0.15, -0.1) is 17.0 Å². The number of fused-ring (bicyclic) bond motifs is 1.